The minimum atomic E-state index is 0.127. The quantitative estimate of drug-likeness (QED) is 0.616. The van der Waals surface area contributed by atoms with Gasteiger partial charge in [0.2, 0.25) is 5.91 Å². The number of ether oxygens (including phenoxy) is 2. The van der Waals surface area contributed by atoms with Gasteiger partial charge in [0.25, 0.3) is 0 Å². The minimum absolute atomic E-state index is 0.127. The average molecular weight is 397 g/mol. The first-order valence-corrected chi connectivity index (χ1v) is 10.6. The fourth-order valence-electron chi connectivity index (χ4n) is 3.60. The van der Waals surface area contributed by atoms with Gasteiger partial charge in [-0.05, 0) is 56.0 Å². The van der Waals surface area contributed by atoms with Crippen LogP contribution < -0.4 is 14.8 Å². The lowest BCUT2D eigenvalue weighted by atomic mass is 10.0. The van der Waals surface area contributed by atoms with Gasteiger partial charge in [-0.15, -0.1) is 0 Å². The largest absolute Gasteiger partial charge is 0.494 e. The van der Waals surface area contributed by atoms with E-state index in [2.05, 4.69) is 40.5 Å². The number of nitrogens with zero attached hydrogens (tertiary/aromatic N) is 1. The molecule has 2 aromatic carbocycles. The fraction of sp³-hybridized carbons (Fsp3) is 0.458. The first-order chi connectivity index (χ1) is 14.2. The van der Waals surface area contributed by atoms with Crippen LogP contribution in [0, 0.1) is 0 Å². The van der Waals surface area contributed by atoms with Gasteiger partial charge >= 0.3 is 0 Å². The number of rotatable bonds is 10. The highest BCUT2D eigenvalue weighted by molar-refractivity contribution is 5.76. The van der Waals surface area contributed by atoms with Crippen LogP contribution in [0.5, 0.6) is 11.5 Å². The standard InChI is InChI=1S/C24H32N2O3/c1-2-28-22-10-12-23(13-11-22)29-18-6-9-24(27)25-21-14-16-26(17-15-21)19-20-7-4-3-5-8-20/h3-5,7-8,10-13,21H,2,6,9,14-19H2,1H3,(H,25,27). The molecule has 0 atom stereocenters. The van der Waals surface area contributed by atoms with Crippen molar-refractivity contribution >= 4 is 5.91 Å². The van der Waals surface area contributed by atoms with Crippen molar-refractivity contribution < 1.29 is 14.3 Å². The summed E-state index contributed by atoms with van der Waals surface area (Å²) in [5, 5.41) is 3.19. The zero-order valence-electron chi connectivity index (χ0n) is 17.3. The SMILES string of the molecule is CCOc1ccc(OCCCC(=O)NC2CCN(Cc3ccccc3)CC2)cc1. The van der Waals surface area contributed by atoms with Crippen LogP contribution in [0.1, 0.15) is 38.2 Å². The van der Waals surface area contributed by atoms with Crippen LogP contribution in [-0.2, 0) is 11.3 Å². The molecule has 1 fully saturated rings. The van der Waals surface area contributed by atoms with Gasteiger partial charge < -0.3 is 14.8 Å². The molecular weight excluding hydrogens is 364 g/mol. The van der Waals surface area contributed by atoms with Crippen LogP contribution >= 0.6 is 0 Å². The zero-order valence-corrected chi connectivity index (χ0v) is 17.3. The molecule has 5 nitrogen and oxygen atoms in total. The predicted molar refractivity (Wildman–Crippen MR) is 115 cm³/mol. The molecule has 0 radical (unpaired) electrons. The minimum Gasteiger partial charge on any atom is -0.494 e. The molecule has 1 N–H and O–H groups in total. The Bertz CT molecular complexity index is 726. The number of hydrogen-bond donors (Lipinski definition) is 1. The Morgan fingerprint density at radius 2 is 1.66 bits per heavy atom. The van der Waals surface area contributed by atoms with Crippen LogP contribution in [0.15, 0.2) is 54.6 Å². The zero-order chi connectivity index (χ0) is 20.3. The number of hydrogen-bond acceptors (Lipinski definition) is 4. The monoisotopic (exact) mass is 396 g/mol. The summed E-state index contributed by atoms with van der Waals surface area (Å²) in [6, 6.07) is 18.4. The van der Waals surface area contributed by atoms with Gasteiger partial charge in [-0.3, -0.25) is 9.69 Å². The van der Waals surface area contributed by atoms with Crippen LogP contribution in [0.2, 0.25) is 0 Å². The topological polar surface area (TPSA) is 50.8 Å². The predicted octanol–water partition coefficient (Wildman–Crippen LogP) is 4.03. The van der Waals surface area contributed by atoms with Gasteiger partial charge in [-0.1, -0.05) is 30.3 Å². The summed E-state index contributed by atoms with van der Waals surface area (Å²) in [4.78, 5) is 14.7. The molecule has 0 spiro atoms. The molecule has 3 rings (SSSR count). The average Bonchev–Trinajstić information content (AvgIpc) is 2.75. The molecule has 1 amide bonds. The van der Waals surface area contributed by atoms with Crippen LogP contribution in [0.4, 0.5) is 0 Å². The number of benzene rings is 2. The van der Waals surface area contributed by atoms with Gasteiger partial charge in [0.15, 0.2) is 0 Å². The Labute approximate surface area is 174 Å². The van der Waals surface area contributed by atoms with E-state index in [9.17, 15) is 4.79 Å². The highest BCUT2D eigenvalue weighted by atomic mass is 16.5. The second-order valence-corrected chi connectivity index (χ2v) is 7.46. The Morgan fingerprint density at radius 1 is 1.00 bits per heavy atom. The Kier molecular flexibility index (Phi) is 8.38. The third kappa shape index (κ3) is 7.42. The third-order valence-corrected chi connectivity index (χ3v) is 5.15. The smallest absolute Gasteiger partial charge is 0.220 e. The maximum absolute atomic E-state index is 12.2. The molecule has 1 aliphatic heterocycles. The van der Waals surface area contributed by atoms with Gasteiger partial charge in [-0.25, -0.2) is 0 Å². The lowest BCUT2D eigenvalue weighted by Gasteiger charge is -2.32. The number of piperidine rings is 1. The van der Waals surface area contributed by atoms with Crippen molar-refractivity contribution in [3.8, 4) is 11.5 Å². The van der Waals surface area contributed by atoms with Gasteiger partial charge in [0, 0.05) is 32.1 Å². The van der Waals surface area contributed by atoms with E-state index in [1.54, 1.807) is 0 Å². The summed E-state index contributed by atoms with van der Waals surface area (Å²) in [7, 11) is 0. The normalized spacial score (nSPS) is 15.1. The molecule has 29 heavy (non-hydrogen) atoms. The van der Waals surface area contributed by atoms with Gasteiger partial charge in [0.1, 0.15) is 11.5 Å². The number of nitrogens with one attached hydrogen (secondary N) is 1. The molecule has 1 heterocycles. The second kappa shape index (κ2) is 11.5. The molecule has 1 saturated heterocycles. The van der Waals surface area contributed by atoms with E-state index in [1.807, 2.05) is 31.2 Å². The summed E-state index contributed by atoms with van der Waals surface area (Å²) in [5.74, 6) is 1.77. The summed E-state index contributed by atoms with van der Waals surface area (Å²) < 4.78 is 11.1. The summed E-state index contributed by atoms with van der Waals surface area (Å²) >= 11 is 0. The first-order valence-electron chi connectivity index (χ1n) is 10.6. The fourth-order valence-corrected chi connectivity index (χ4v) is 3.60. The Hall–Kier alpha value is -2.53. The van der Waals surface area contributed by atoms with E-state index in [1.165, 1.54) is 5.56 Å². The molecule has 1 aliphatic rings. The van der Waals surface area contributed by atoms with Crippen LogP contribution in [-0.4, -0.2) is 43.2 Å². The molecule has 5 heteroatoms. The van der Waals surface area contributed by atoms with Gasteiger partial charge in [0.05, 0.1) is 13.2 Å². The molecule has 2 aromatic rings. The van der Waals surface area contributed by atoms with Crippen molar-refractivity contribution in [1.82, 2.24) is 10.2 Å². The number of carbonyl (C=O) groups excluding carboxylic acids is 1. The van der Waals surface area contributed by atoms with Crippen LogP contribution in [0.25, 0.3) is 0 Å². The molecule has 0 bridgehead atoms. The number of likely N-dealkylation sites (tertiary alicyclic amines) is 1. The molecule has 0 unspecified atom stereocenters. The highest BCUT2D eigenvalue weighted by Gasteiger charge is 2.20. The Balaban J connectivity index is 1.27. The van der Waals surface area contributed by atoms with Crippen molar-refractivity contribution in [2.45, 2.75) is 45.2 Å². The van der Waals surface area contributed by atoms with E-state index in [4.69, 9.17) is 9.47 Å². The summed E-state index contributed by atoms with van der Waals surface area (Å²) in [5.41, 5.74) is 1.35. The number of carbonyl (C=O) groups is 1. The van der Waals surface area contributed by atoms with E-state index >= 15 is 0 Å². The maximum Gasteiger partial charge on any atom is 0.220 e. The summed E-state index contributed by atoms with van der Waals surface area (Å²) in [6.45, 7) is 6.20. The van der Waals surface area contributed by atoms with Crippen molar-refractivity contribution in [2.75, 3.05) is 26.3 Å². The number of amides is 1. The maximum atomic E-state index is 12.2. The van der Waals surface area contributed by atoms with E-state index < -0.39 is 0 Å². The lowest BCUT2D eigenvalue weighted by molar-refractivity contribution is -0.122. The van der Waals surface area contributed by atoms with Crippen LogP contribution in [0.3, 0.4) is 0 Å². The molecule has 0 aliphatic carbocycles. The van der Waals surface area contributed by atoms with E-state index in [-0.39, 0.29) is 5.91 Å². The van der Waals surface area contributed by atoms with Crippen molar-refractivity contribution in [3.05, 3.63) is 60.2 Å². The van der Waals surface area contributed by atoms with Crippen molar-refractivity contribution in [3.63, 3.8) is 0 Å². The third-order valence-electron chi connectivity index (χ3n) is 5.15. The van der Waals surface area contributed by atoms with E-state index in [0.29, 0.717) is 32.1 Å². The molecule has 0 aromatic heterocycles. The first kappa shape index (κ1) is 21.2. The summed E-state index contributed by atoms with van der Waals surface area (Å²) in [6.07, 6.45) is 3.25. The lowest BCUT2D eigenvalue weighted by Crippen LogP contribution is -2.44. The van der Waals surface area contributed by atoms with E-state index in [0.717, 1.165) is 44.0 Å². The molecule has 0 saturated carbocycles. The molecule has 156 valence electrons. The highest BCUT2D eigenvalue weighted by Crippen LogP contribution is 2.18. The molecular formula is C24H32N2O3. The Morgan fingerprint density at radius 3 is 2.31 bits per heavy atom. The van der Waals surface area contributed by atoms with Crippen molar-refractivity contribution in [2.24, 2.45) is 0 Å². The van der Waals surface area contributed by atoms with Gasteiger partial charge in [-0.2, -0.15) is 0 Å². The second-order valence-electron chi connectivity index (χ2n) is 7.46. The van der Waals surface area contributed by atoms with Crippen molar-refractivity contribution in [1.29, 1.82) is 0 Å².